The van der Waals surface area contributed by atoms with Crippen LogP contribution in [0.25, 0.3) is 0 Å². The summed E-state index contributed by atoms with van der Waals surface area (Å²) in [6.45, 7) is 11.4. The number of nitrogens with zero attached hydrogens (tertiary/aromatic N) is 2. The van der Waals surface area contributed by atoms with Crippen molar-refractivity contribution in [2.45, 2.75) is 58.5 Å². The van der Waals surface area contributed by atoms with Gasteiger partial charge in [-0.1, -0.05) is 38.1 Å². The number of nitrogens with one attached hydrogen (secondary N) is 1. The smallest absolute Gasteiger partial charge is 0.272 e. The van der Waals surface area contributed by atoms with Crippen molar-refractivity contribution in [3.05, 3.63) is 59.4 Å². The Morgan fingerprint density at radius 1 is 1.13 bits per heavy atom. The molecule has 162 valence electrons. The van der Waals surface area contributed by atoms with Gasteiger partial charge in [-0.15, -0.1) is 0 Å². The van der Waals surface area contributed by atoms with Crippen molar-refractivity contribution in [1.29, 1.82) is 0 Å². The lowest BCUT2D eigenvalue weighted by Gasteiger charge is -2.44. The number of ether oxygens (including phenoxy) is 1. The van der Waals surface area contributed by atoms with Crippen LogP contribution in [-0.4, -0.2) is 47.6 Å². The number of hydrogen-bond acceptors (Lipinski definition) is 4. The zero-order valence-corrected chi connectivity index (χ0v) is 18.8. The number of carbonyl (C=O) groups is 1. The molecule has 5 heteroatoms. The Kier molecular flexibility index (Phi) is 7.48. The van der Waals surface area contributed by atoms with Crippen LogP contribution in [0, 0.1) is 0 Å². The van der Waals surface area contributed by atoms with Gasteiger partial charge in [-0.3, -0.25) is 9.78 Å². The van der Waals surface area contributed by atoms with Gasteiger partial charge in [0, 0.05) is 30.8 Å². The molecular weight excluding hydrogens is 374 g/mol. The summed E-state index contributed by atoms with van der Waals surface area (Å²) < 4.78 is 6.51. The summed E-state index contributed by atoms with van der Waals surface area (Å²) in [5.41, 5.74) is 2.78. The van der Waals surface area contributed by atoms with E-state index >= 15 is 0 Å². The molecule has 30 heavy (non-hydrogen) atoms. The minimum Gasteiger partial charge on any atom is -0.487 e. The molecule has 2 aromatic rings. The van der Waals surface area contributed by atoms with Crippen molar-refractivity contribution in [3.63, 3.8) is 0 Å². The van der Waals surface area contributed by atoms with Crippen LogP contribution in [-0.2, 0) is 0 Å². The van der Waals surface area contributed by atoms with E-state index in [0.717, 1.165) is 43.7 Å². The third-order valence-electron chi connectivity index (χ3n) is 6.17. The maximum atomic E-state index is 12.6. The highest BCUT2D eigenvalue weighted by atomic mass is 16.5. The summed E-state index contributed by atoms with van der Waals surface area (Å²) in [6.07, 6.45) is 4.88. The first kappa shape index (κ1) is 22.3. The number of aromatic nitrogens is 1. The molecule has 0 aliphatic carbocycles. The van der Waals surface area contributed by atoms with Gasteiger partial charge >= 0.3 is 0 Å². The van der Waals surface area contributed by atoms with Gasteiger partial charge in [0.05, 0.1) is 0 Å². The Morgan fingerprint density at radius 2 is 1.83 bits per heavy atom. The van der Waals surface area contributed by atoms with E-state index in [1.54, 1.807) is 4.90 Å². The van der Waals surface area contributed by atoms with Gasteiger partial charge < -0.3 is 15.0 Å². The van der Waals surface area contributed by atoms with Crippen LogP contribution in [0.1, 0.15) is 74.5 Å². The maximum Gasteiger partial charge on any atom is 0.272 e. The predicted molar refractivity (Wildman–Crippen MR) is 121 cm³/mol. The van der Waals surface area contributed by atoms with E-state index < -0.39 is 0 Å². The summed E-state index contributed by atoms with van der Waals surface area (Å²) >= 11 is 0. The van der Waals surface area contributed by atoms with Crippen molar-refractivity contribution in [2.24, 2.45) is 0 Å². The van der Waals surface area contributed by atoms with Crippen LogP contribution in [0.4, 0.5) is 0 Å². The lowest BCUT2D eigenvalue weighted by Crippen LogP contribution is -2.49. The van der Waals surface area contributed by atoms with Crippen molar-refractivity contribution >= 4 is 5.91 Å². The molecule has 1 amide bonds. The summed E-state index contributed by atoms with van der Waals surface area (Å²) in [5.74, 6) is 1.23. The first-order valence-electron chi connectivity index (χ1n) is 11.4. The van der Waals surface area contributed by atoms with E-state index in [4.69, 9.17) is 4.74 Å². The molecule has 1 aromatic heterocycles. The molecule has 4 rings (SSSR count). The second-order valence-electron chi connectivity index (χ2n) is 7.78. The Bertz CT molecular complexity index is 825. The highest BCUT2D eigenvalue weighted by molar-refractivity contribution is 5.92. The number of carbonyl (C=O) groups excluding carboxylic acids is 1. The van der Waals surface area contributed by atoms with Gasteiger partial charge in [-0.25, -0.2) is 0 Å². The summed E-state index contributed by atoms with van der Waals surface area (Å²) in [7, 11) is 0. The number of fused-ring (bicyclic) bond motifs is 1. The number of piperidine rings is 1. The Balaban J connectivity index is 0.00000124. The molecule has 1 aromatic carbocycles. The van der Waals surface area contributed by atoms with Gasteiger partial charge in [0.25, 0.3) is 5.91 Å². The second kappa shape index (κ2) is 10.1. The van der Waals surface area contributed by atoms with Crippen LogP contribution in [0.2, 0.25) is 0 Å². The Morgan fingerprint density at radius 3 is 2.47 bits per heavy atom. The topological polar surface area (TPSA) is 54.5 Å². The second-order valence-corrected chi connectivity index (χ2v) is 7.78. The number of amides is 1. The van der Waals surface area contributed by atoms with Crippen LogP contribution >= 0.6 is 0 Å². The minimum absolute atomic E-state index is 0.00115. The highest BCUT2D eigenvalue weighted by Gasteiger charge is 2.42. The maximum absolute atomic E-state index is 12.6. The summed E-state index contributed by atoms with van der Waals surface area (Å²) in [6, 6.07) is 12.3. The molecular formula is C25H35N3O2. The molecule has 3 heterocycles. The van der Waals surface area contributed by atoms with Crippen molar-refractivity contribution in [3.8, 4) is 5.75 Å². The third kappa shape index (κ3) is 4.51. The average molecular weight is 410 g/mol. The molecule has 2 aliphatic heterocycles. The van der Waals surface area contributed by atoms with Gasteiger partial charge in [-0.05, 0) is 63.9 Å². The zero-order chi connectivity index (χ0) is 21.6. The van der Waals surface area contributed by atoms with Crippen molar-refractivity contribution in [1.82, 2.24) is 15.2 Å². The van der Waals surface area contributed by atoms with Crippen LogP contribution in [0.5, 0.6) is 5.75 Å². The first-order chi connectivity index (χ1) is 14.7. The van der Waals surface area contributed by atoms with Crippen LogP contribution in [0.15, 0.2) is 42.6 Å². The van der Waals surface area contributed by atoms with E-state index in [2.05, 4.69) is 34.6 Å². The number of benzene rings is 1. The van der Waals surface area contributed by atoms with Crippen molar-refractivity contribution in [2.75, 3.05) is 26.2 Å². The van der Waals surface area contributed by atoms with E-state index in [1.807, 2.05) is 46.0 Å². The molecule has 0 radical (unpaired) electrons. The fourth-order valence-electron chi connectivity index (χ4n) is 4.51. The van der Waals surface area contributed by atoms with E-state index in [-0.39, 0.29) is 17.4 Å². The standard InChI is InChI=1S/C23H29N3O2.C2H6/c1-3-26(4-2)22(27)20-10-9-17(16-25-20)19-15-23(11-13-24-14-12-23)28-21-8-6-5-7-18(19)21;1-2/h5-10,16,19,24H,3-4,11-15H2,1-2H3;1-2H3. The Labute approximate surface area is 180 Å². The molecule has 1 N–H and O–H groups in total. The lowest BCUT2D eigenvalue weighted by atomic mass is 9.75. The van der Waals surface area contributed by atoms with Gasteiger partial charge in [0.15, 0.2) is 0 Å². The highest BCUT2D eigenvalue weighted by Crippen LogP contribution is 2.47. The average Bonchev–Trinajstić information content (AvgIpc) is 2.81. The molecule has 1 unspecified atom stereocenters. The van der Waals surface area contributed by atoms with Gasteiger partial charge in [0.2, 0.25) is 0 Å². The minimum atomic E-state index is -0.111. The molecule has 1 saturated heterocycles. The van der Waals surface area contributed by atoms with E-state index in [1.165, 1.54) is 5.56 Å². The molecule has 1 atom stereocenters. The number of para-hydroxylation sites is 1. The van der Waals surface area contributed by atoms with E-state index in [9.17, 15) is 4.79 Å². The van der Waals surface area contributed by atoms with Crippen molar-refractivity contribution < 1.29 is 9.53 Å². The fraction of sp³-hybridized carbons (Fsp3) is 0.520. The van der Waals surface area contributed by atoms with Gasteiger partial charge in [0.1, 0.15) is 17.0 Å². The SMILES string of the molecule is CC.CCN(CC)C(=O)c1ccc(C2CC3(CCNCC3)Oc3ccccc32)cn1. The predicted octanol–water partition coefficient (Wildman–Crippen LogP) is 4.63. The van der Waals surface area contributed by atoms with Crippen LogP contribution < -0.4 is 10.1 Å². The monoisotopic (exact) mass is 409 g/mol. The lowest BCUT2D eigenvalue weighted by molar-refractivity contribution is 0.0114. The number of hydrogen-bond donors (Lipinski definition) is 1. The van der Waals surface area contributed by atoms with Crippen LogP contribution in [0.3, 0.4) is 0 Å². The van der Waals surface area contributed by atoms with Gasteiger partial charge in [-0.2, -0.15) is 0 Å². The fourth-order valence-corrected chi connectivity index (χ4v) is 4.51. The Hall–Kier alpha value is -2.40. The summed E-state index contributed by atoms with van der Waals surface area (Å²) in [4.78, 5) is 18.9. The molecule has 5 nitrogen and oxygen atoms in total. The molecule has 0 saturated carbocycles. The molecule has 1 fully saturated rings. The third-order valence-corrected chi connectivity index (χ3v) is 6.17. The van der Waals surface area contributed by atoms with E-state index in [0.29, 0.717) is 18.8 Å². The summed E-state index contributed by atoms with van der Waals surface area (Å²) in [5, 5.41) is 3.44. The molecule has 0 bridgehead atoms. The zero-order valence-electron chi connectivity index (χ0n) is 18.8. The first-order valence-corrected chi connectivity index (χ1v) is 11.4. The normalized spacial score (nSPS) is 19.1. The quantitative estimate of drug-likeness (QED) is 0.800. The number of rotatable bonds is 4. The number of pyridine rings is 1. The largest absolute Gasteiger partial charge is 0.487 e. The molecule has 2 aliphatic rings. The molecule has 1 spiro atoms.